The van der Waals surface area contributed by atoms with Gasteiger partial charge in [-0.05, 0) is 51.0 Å². The molecule has 1 saturated carbocycles. The predicted molar refractivity (Wildman–Crippen MR) is 78.6 cm³/mol. The number of piperidine rings is 1. The molecule has 18 heavy (non-hydrogen) atoms. The predicted octanol–water partition coefficient (Wildman–Crippen LogP) is 3.55. The number of nitrogens with zero attached hydrogens (tertiary/aromatic N) is 1. The minimum absolute atomic E-state index is 0.390. The van der Waals surface area contributed by atoms with Crippen LogP contribution in [-0.4, -0.2) is 29.6 Å². The number of likely N-dealkylation sites (tertiary alicyclic amines) is 1. The Morgan fingerprint density at radius 2 is 1.83 bits per heavy atom. The fourth-order valence-corrected chi connectivity index (χ4v) is 4.38. The Hall–Kier alpha value is -0.0800. The lowest BCUT2D eigenvalue weighted by Crippen LogP contribution is -2.56. The lowest BCUT2D eigenvalue weighted by Gasteiger charge is -2.49. The number of rotatable bonds is 5. The van der Waals surface area contributed by atoms with Crippen molar-refractivity contribution in [3.8, 4) is 0 Å². The Kier molecular flexibility index (Phi) is 5.50. The second kappa shape index (κ2) is 6.91. The molecule has 2 heteroatoms. The summed E-state index contributed by atoms with van der Waals surface area (Å²) in [6, 6.07) is 1.89. The molecule has 0 bridgehead atoms. The normalized spacial score (nSPS) is 32.8. The third-order valence-electron chi connectivity index (χ3n) is 5.25. The Morgan fingerprint density at radius 3 is 2.56 bits per heavy atom. The van der Waals surface area contributed by atoms with Crippen molar-refractivity contribution in [2.24, 2.45) is 11.7 Å². The van der Waals surface area contributed by atoms with Crippen LogP contribution >= 0.6 is 0 Å². The SMILES string of the molecule is CCCC(N)C(CC)N1CCC[C@H]2CCCC[C@H]21. The van der Waals surface area contributed by atoms with Gasteiger partial charge in [0.05, 0.1) is 0 Å². The highest BCUT2D eigenvalue weighted by atomic mass is 15.2. The van der Waals surface area contributed by atoms with E-state index in [1.54, 1.807) is 0 Å². The van der Waals surface area contributed by atoms with Crippen LogP contribution < -0.4 is 5.73 Å². The van der Waals surface area contributed by atoms with Crippen LogP contribution in [0.15, 0.2) is 0 Å². The van der Waals surface area contributed by atoms with E-state index < -0.39 is 0 Å². The van der Waals surface area contributed by atoms with E-state index in [1.165, 1.54) is 64.3 Å². The fraction of sp³-hybridized carbons (Fsp3) is 1.00. The van der Waals surface area contributed by atoms with Crippen molar-refractivity contribution < 1.29 is 0 Å². The van der Waals surface area contributed by atoms with E-state index in [-0.39, 0.29) is 0 Å². The van der Waals surface area contributed by atoms with Crippen LogP contribution in [0.1, 0.15) is 71.6 Å². The first kappa shape index (κ1) is 14.3. The monoisotopic (exact) mass is 252 g/mol. The molecule has 2 unspecified atom stereocenters. The van der Waals surface area contributed by atoms with Gasteiger partial charge in [0.15, 0.2) is 0 Å². The van der Waals surface area contributed by atoms with Gasteiger partial charge in [0, 0.05) is 18.1 Å². The van der Waals surface area contributed by atoms with Gasteiger partial charge in [-0.3, -0.25) is 4.90 Å². The second-order valence-electron chi connectivity index (χ2n) is 6.42. The van der Waals surface area contributed by atoms with Gasteiger partial charge in [0.1, 0.15) is 0 Å². The Morgan fingerprint density at radius 1 is 1.11 bits per heavy atom. The summed E-state index contributed by atoms with van der Waals surface area (Å²) in [5.74, 6) is 0.982. The van der Waals surface area contributed by atoms with Crippen LogP contribution in [0, 0.1) is 5.92 Å². The van der Waals surface area contributed by atoms with Gasteiger partial charge in [0.25, 0.3) is 0 Å². The molecule has 2 fully saturated rings. The Bertz CT molecular complexity index is 239. The topological polar surface area (TPSA) is 29.3 Å². The minimum Gasteiger partial charge on any atom is -0.326 e. The summed E-state index contributed by atoms with van der Waals surface area (Å²) in [6.45, 7) is 5.88. The van der Waals surface area contributed by atoms with Crippen LogP contribution in [0.5, 0.6) is 0 Å². The van der Waals surface area contributed by atoms with Gasteiger partial charge in [0.2, 0.25) is 0 Å². The molecular formula is C16H32N2. The minimum atomic E-state index is 0.390. The Labute approximate surface area is 113 Å². The first-order valence-electron chi connectivity index (χ1n) is 8.29. The van der Waals surface area contributed by atoms with Crippen molar-refractivity contribution in [3.63, 3.8) is 0 Å². The summed E-state index contributed by atoms with van der Waals surface area (Å²) >= 11 is 0. The highest BCUT2D eigenvalue weighted by molar-refractivity contribution is 4.93. The molecule has 1 aliphatic carbocycles. The maximum atomic E-state index is 6.45. The highest BCUT2D eigenvalue weighted by Gasteiger charge is 2.37. The van der Waals surface area contributed by atoms with E-state index in [4.69, 9.17) is 5.73 Å². The summed E-state index contributed by atoms with van der Waals surface area (Å²) in [6.07, 6.45) is 12.3. The fourth-order valence-electron chi connectivity index (χ4n) is 4.38. The molecule has 0 aromatic carbocycles. The van der Waals surface area contributed by atoms with Crippen molar-refractivity contribution >= 4 is 0 Å². The van der Waals surface area contributed by atoms with Crippen molar-refractivity contribution in [2.45, 2.75) is 89.8 Å². The lowest BCUT2D eigenvalue weighted by atomic mass is 9.77. The molecule has 2 nitrogen and oxygen atoms in total. The van der Waals surface area contributed by atoms with E-state index in [2.05, 4.69) is 18.7 Å². The summed E-state index contributed by atoms with van der Waals surface area (Å²) in [5.41, 5.74) is 6.45. The molecule has 1 heterocycles. The molecule has 1 saturated heterocycles. The van der Waals surface area contributed by atoms with Gasteiger partial charge in [-0.25, -0.2) is 0 Å². The zero-order valence-electron chi connectivity index (χ0n) is 12.4. The van der Waals surface area contributed by atoms with Gasteiger partial charge in [-0.2, -0.15) is 0 Å². The standard InChI is InChI=1S/C16H32N2/c1-3-8-14(17)15(4-2)18-12-7-10-13-9-5-6-11-16(13)18/h13-16H,3-12,17H2,1-2H3/t13-,14?,15?,16-/m1/s1. The van der Waals surface area contributed by atoms with Crippen molar-refractivity contribution in [1.82, 2.24) is 4.90 Å². The maximum Gasteiger partial charge on any atom is 0.0247 e. The number of nitrogens with two attached hydrogens (primary N) is 1. The maximum absolute atomic E-state index is 6.45. The van der Waals surface area contributed by atoms with Gasteiger partial charge < -0.3 is 5.73 Å². The van der Waals surface area contributed by atoms with Crippen LogP contribution in [-0.2, 0) is 0 Å². The van der Waals surface area contributed by atoms with Crippen molar-refractivity contribution in [2.75, 3.05) is 6.54 Å². The molecule has 2 aliphatic rings. The average Bonchev–Trinajstić information content (AvgIpc) is 2.40. The summed E-state index contributed by atoms with van der Waals surface area (Å²) in [4.78, 5) is 2.81. The van der Waals surface area contributed by atoms with Crippen molar-refractivity contribution in [1.29, 1.82) is 0 Å². The molecule has 0 radical (unpaired) electrons. The third kappa shape index (κ3) is 3.08. The van der Waals surface area contributed by atoms with Gasteiger partial charge >= 0.3 is 0 Å². The molecular weight excluding hydrogens is 220 g/mol. The van der Waals surface area contributed by atoms with E-state index in [1.807, 2.05) is 0 Å². The molecule has 0 spiro atoms. The largest absolute Gasteiger partial charge is 0.326 e. The van der Waals surface area contributed by atoms with Crippen LogP contribution in [0.25, 0.3) is 0 Å². The van der Waals surface area contributed by atoms with E-state index in [0.717, 1.165) is 12.0 Å². The van der Waals surface area contributed by atoms with Gasteiger partial charge in [-0.1, -0.05) is 33.1 Å². The molecule has 2 N–H and O–H groups in total. The van der Waals surface area contributed by atoms with Crippen molar-refractivity contribution in [3.05, 3.63) is 0 Å². The van der Waals surface area contributed by atoms with E-state index in [0.29, 0.717) is 12.1 Å². The molecule has 0 amide bonds. The first-order valence-corrected chi connectivity index (χ1v) is 8.29. The number of fused-ring (bicyclic) bond motifs is 1. The molecule has 1 aliphatic heterocycles. The van der Waals surface area contributed by atoms with Crippen LogP contribution in [0.3, 0.4) is 0 Å². The zero-order chi connectivity index (χ0) is 13.0. The zero-order valence-corrected chi connectivity index (χ0v) is 12.4. The molecule has 4 atom stereocenters. The summed E-state index contributed by atoms with van der Waals surface area (Å²) < 4.78 is 0. The molecule has 0 aromatic rings. The number of hydrogen-bond donors (Lipinski definition) is 1. The summed E-state index contributed by atoms with van der Waals surface area (Å²) in [7, 11) is 0. The smallest absolute Gasteiger partial charge is 0.0247 e. The molecule has 2 rings (SSSR count). The molecule has 0 aromatic heterocycles. The lowest BCUT2D eigenvalue weighted by molar-refractivity contribution is 0.0145. The van der Waals surface area contributed by atoms with E-state index >= 15 is 0 Å². The second-order valence-corrected chi connectivity index (χ2v) is 6.42. The van der Waals surface area contributed by atoms with Crippen LogP contribution in [0.2, 0.25) is 0 Å². The van der Waals surface area contributed by atoms with Crippen LogP contribution in [0.4, 0.5) is 0 Å². The quantitative estimate of drug-likeness (QED) is 0.811. The molecule has 106 valence electrons. The Balaban J connectivity index is 2.03. The highest BCUT2D eigenvalue weighted by Crippen LogP contribution is 2.37. The summed E-state index contributed by atoms with van der Waals surface area (Å²) in [5, 5.41) is 0. The van der Waals surface area contributed by atoms with Gasteiger partial charge in [-0.15, -0.1) is 0 Å². The average molecular weight is 252 g/mol. The first-order chi connectivity index (χ1) is 8.77. The number of hydrogen-bond acceptors (Lipinski definition) is 2. The van der Waals surface area contributed by atoms with E-state index in [9.17, 15) is 0 Å². The third-order valence-corrected chi connectivity index (χ3v) is 5.25.